The van der Waals surface area contributed by atoms with E-state index in [2.05, 4.69) is 10.9 Å². The summed E-state index contributed by atoms with van der Waals surface area (Å²) in [4.78, 5) is 23.4. The Balaban J connectivity index is 1.78. The second kappa shape index (κ2) is 7.47. The van der Waals surface area contributed by atoms with Crippen molar-refractivity contribution < 1.29 is 14.3 Å². The molecular weight excluding hydrogens is 304 g/mol. The Hall–Kier alpha value is -2.53. The average Bonchev–Trinajstić information content (AvgIpc) is 2.51. The normalized spacial score (nSPS) is 9.91. The van der Waals surface area contributed by atoms with Gasteiger partial charge in [0, 0.05) is 10.6 Å². The summed E-state index contributed by atoms with van der Waals surface area (Å²) in [6.07, 6.45) is 0. The van der Waals surface area contributed by atoms with E-state index in [9.17, 15) is 9.59 Å². The molecule has 0 saturated carbocycles. The number of hydrogen-bond donors (Lipinski definition) is 2. The molecule has 0 unspecified atom stereocenters. The standard InChI is InChI=1S/C16H15ClN2O3/c1-11-3-2-4-14(9-11)22-10-15(20)18-19-16(21)12-5-7-13(17)8-6-12/h2-9H,10H2,1H3,(H,18,20)(H,19,21). The molecule has 2 rings (SSSR count). The van der Waals surface area contributed by atoms with E-state index < -0.39 is 11.8 Å². The molecule has 2 aromatic rings. The zero-order valence-electron chi connectivity index (χ0n) is 11.9. The first-order chi connectivity index (χ1) is 10.5. The summed E-state index contributed by atoms with van der Waals surface area (Å²) in [6, 6.07) is 13.7. The van der Waals surface area contributed by atoms with Crippen LogP contribution in [0.15, 0.2) is 48.5 Å². The molecule has 22 heavy (non-hydrogen) atoms. The summed E-state index contributed by atoms with van der Waals surface area (Å²) in [6.45, 7) is 1.74. The monoisotopic (exact) mass is 318 g/mol. The molecule has 2 aromatic carbocycles. The highest BCUT2D eigenvalue weighted by Crippen LogP contribution is 2.12. The predicted octanol–water partition coefficient (Wildman–Crippen LogP) is 2.49. The molecule has 0 saturated heterocycles. The van der Waals surface area contributed by atoms with Crippen molar-refractivity contribution >= 4 is 23.4 Å². The van der Waals surface area contributed by atoms with Gasteiger partial charge in [-0.1, -0.05) is 23.7 Å². The van der Waals surface area contributed by atoms with Gasteiger partial charge in [0.05, 0.1) is 0 Å². The Bertz CT molecular complexity index is 671. The summed E-state index contributed by atoms with van der Waals surface area (Å²) >= 11 is 5.74. The molecule has 6 heteroatoms. The number of halogens is 1. The zero-order valence-corrected chi connectivity index (χ0v) is 12.7. The molecule has 0 aliphatic heterocycles. The van der Waals surface area contributed by atoms with E-state index in [1.807, 2.05) is 25.1 Å². The lowest BCUT2D eigenvalue weighted by atomic mass is 10.2. The number of carbonyl (C=O) groups excluding carboxylic acids is 2. The van der Waals surface area contributed by atoms with Gasteiger partial charge in [-0.15, -0.1) is 0 Å². The maximum Gasteiger partial charge on any atom is 0.276 e. The van der Waals surface area contributed by atoms with E-state index in [4.69, 9.17) is 16.3 Å². The van der Waals surface area contributed by atoms with Crippen LogP contribution in [0.1, 0.15) is 15.9 Å². The fourth-order valence-electron chi connectivity index (χ4n) is 1.69. The quantitative estimate of drug-likeness (QED) is 0.851. The summed E-state index contributed by atoms with van der Waals surface area (Å²) < 4.78 is 5.32. The lowest BCUT2D eigenvalue weighted by molar-refractivity contribution is -0.123. The Labute approximate surface area is 133 Å². The van der Waals surface area contributed by atoms with Crippen LogP contribution in [-0.2, 0) is 4.79 Å². The fraction of sp³-hybridized carbons (Fsp3) is 0.125. The number of benzene rings is 2. The minimum atomic E-state index is -0.455. The summed E-state index contributed by atoms with van der Waals surface area (Å²) in [5.41, 5.74) is 6.02. The molecule has 114 valence electrons. The highest BCUT2D eigenvalue weighted by molar-refractivity contribution is 6.30. The first kappa shape index (κ1) is 15.9. The van der Waals surface area contributed by atoms with E-state index in [0.717, 1.165) is 5.56 Å². The van der Waals surface area contributed by atoms with Crippen LogP contribution in [0.2, 0.25) is 5.02 Å². The van der Waals surface area contributed by atoms with Crippen molar-refractivity contribution in [2.24, 2.45) is 0 Å². The van der Waals surface area contributed by atoms with Crippen LogP contribution in [0.25, 0.3) is 0 Å². The van der Waals surface area contributed by atoms with Gasteiger partial charge in [0.2, 0.25) is 0 Å². The molecule has 2 amide bonds. The molecule has 5 nitrogen and oxygen atoms in total. The van der Waals surface area contributed by atoms with Gasteiger partial charge in [0.25, 0.3) is 11.8 Å². The number of carbonyl (C=O) groups is 2. The van der Waals surface area contributed by atoms with Crippen molar-refractivity contribution in [1.82, 2.24) is 10.9 Å². The maximum absolute atomic E-state index is 11.8. The molecule has 0 atom stereocenters. The Morgan fingerprint density at radius 3 is 2.50 bits per heavy atom. The van der Waals surface area contributed by atoms with E-state index in [-0.39, 0.29) is 6.61 Å². The summed E-state index contributed by atoms with van der Waals surface area (Å²) in [7, 11) is 0. The van der Waals surface area contributed by atoms with Crippen LogP contribution < -0.4 is 15.6 Å². The van der Waals surface area contributed by atoms with Gasteiger partial charge < -0.3 is 4.74 Å². The number of nitrogens with one attached hydrogen (secondary N) is 2. The number of hydrogen-bond acceptors (Lipinski definition) is 3. The molecule has 0 aliphatic carbocycles. The van der Waals surface area contributed by atoms with E-state index in [0.29, 0.717) is 16.3 Å². The highest BCUT2D eigenvalue weighted by atomic mass is 35.5. The molecular formula is C16H15ClN2O3. The minimum Gasteiger partial charge on any atom is -0.484 e. The Morgan fingerprint density at radius 1 is 1.09 bits per heavy atom. The van der Waals surface area contributed by atoms with Gasteiger partial charge in [-0.2, -0.15) is 0 Å². The fourth-order valence-corrected chi connectivity index (χ4v) is 1.82. The van der Waals surface area contributed by atoms with Crippen LogP contribution in [0.4, 0.5) is 0 Å². The SMILES string of the molecule is Cc1cccc(OCC(=O)NNC(=O)c2ccc(Cl)cc2)c1. The average molecular weight is 319 g/mol. The largest absolute Gasteiger partial charge is 0.484 e. The lowest BCUT2D eigenvalue weighted by Crippen LogP contribution is -2.43. The summed E-state index contributed by atoms with van der Waals surface area (Å²) in [5.74, 6) is -0.288. The smallest absolute Gasteiger partial charge is 0.276 e. The molecule has 0 radical (unpaired) electrons. The van der Waals surface area contributed by atoms with Crippen molar-refractivity contribution in [2.45, 2.75) is 6.92 Å². The van der Waals surface area contributed by atoms with Crippen LogP contribution in [0, 0.1) is 6.92 Å². The molecule has 0 aromatic heterocycles. The van der Waals surface area contributed by atoms with Gasteiger partial charge in [-0.25, -0.2) is 0 Å². The second-order valence-electron chi connectivity index (χ2n) is 4.61. The topological polar surface area (TPSA) is 67.4 Å². The van der Waals surface area contributed by atoms with Crippen LogP contribution in [0.5, 0.6) is 5.75 Å². The third kappa shape index (κ3) is 4.79. The van der Waals surface area contributed by atoms with E-state index in [1.165, 1.54) is 0 Å². The first-order valence-corrected chi connectivity index (χ1v) is 6.96. The zero-order chi connectivity index (χ0) is 15.9. The van der Waals surface area contributed by atoms with Crippen molar-refractivity contribution in [3.63, 3.8) is 0 Å². The number of aryl methyl sites for hydroxylation is 1. The molecule has 0 bridgehead atoms. The maximum atomic E-state index is 11.8. The lowest BCUT2D eigenvalue weighted by Gasteiger charge is -2.09. The van der Waals surface area contributed by atoms with Gasteiger partial charge in [0.1, 0.15) is 5.75 Å². The molecule has 0 heterocycles. The van der Waals surface area contributed by atoms with Gasteiger partial charge in [-0.05, 0) is 48.9 Å². The molecule has 0 spiro atoms. The van der Waals surface area contributed by atoms with Crippen molar-refractivity contribution in [2.75, 3.05) is 6.61 Å². The Kier molecular flexibility index (Phi) is 5.38. The summed E-state index contributed by atoms with van der Waals surface area (Å²) in [5, 5.41) is 0.534. The third-order valence-corrected chi connectivity index (χ3v) is 3.03. The predicted molar refractivity (Wildman–Crippen MR) is 83.7 cm³/mol. The van der Waals surface area contributed by atoms with Gasteiger partial charge in [0.15, 0.2) is 6.61 Å². The van der Waals surface area contributed by atoms with E-state index in [1.54, 1.807) is 30.3 Å². The highest BCUT2D eigenvalue weighted by Gasteiger charge is 2.07. The van der Waals surface area contributed by atoms with Crippen LogP contribution >= 0.6 is 11.6 Å². The first-order valence-electron chi connectivity index (χ1n) is 6.59. The molecule has 0 aliphatic rings. The van der Waals surface area contributed by atoms with Crippen molar-refractivity contribution in [3.05, 3.63) is 64.7 Å². The van der Waals surface area contributed by atoms with E-state index >= 15 is 0 Å². The number of hydrazine groups is 1. The second-order valence-corrected chi connectivity index (χ2v) is 5.05. The molecule has 2 N–H and O–H groups in total. The third-order valence-electron chi connectivity index (χ3n) is 2.78. The van der Waals surface area contributed by atoms with Crippen molar-refractivity contribution in [3.8, 4) is 5.75 Å². The van der Waals surface area contributed by atoms with Crippen LogP contribution in [-0.4, -0.2) is 18.4 Å². The minimum absolute atomic E-state index is 0.190. The van der Waals surface area contributed by atoms with Crippen molar-refractivity contribution in [1.29, 1.82) is 0 Å². The number of rotatable bonds is 4. The number of ether oxygens (including phenoxy) is 1. The molecule has 0 fully saturated rings. The van der Waals surface area contributed by atoms with Gasteiger partial charge >= 0.3 is 0 Å². The van der Waals surface area contributed by atoms with Crippen LogP contribution in [0.3, 0.4) is 0 Å². The number of amides is 2. The van der Waals surface area contributed by atoms with Gasteiger partial charge in [-0.3, -0.25) is 20.4 Å². The Morgan fingerprint density at radius 2 is 1.82 bits per heavy atom.